The van der Waals surface area contributed by atoms with Crippen molar-refractivity contribution in [2.24, 2.45) is 5.73 Å². The normalized spacial score (nSPS) is 25.1. The fraction of sp³-hybridized carbons (Fsp3) is 0.800. The molecule has 1 aliphatic carbocycles. The average Bonchev–Trinajstić information content (AvgIpc) is 2.84. The van der Waals surface area contributed by atoms with Gasteiger partial charge in [-0.2, -0.15) is 4.98 Å². The summed E-state index contributed by atoms with van der Waals surface area (Å²) in [5.74, 6) is -2.71. The molecule has 2 rings (SSSR count). The predicted octanol–water partition coefficient (Wildman–Crippen LogP) is 1.35. The lowest BCUT2D eigenvalue weighted by Gasteiger charge is -2.06. The number of aliphatic hydroxyl groups is 1. The first-order valence-electron chi connectivity index (χ1n) is 5.61. The van der Waals surface area contributed by atoms with Gasteiger partial charge in [0, 0.05) is 18.8 Å². The molecule has 2 atom stereocenters. The smallest absolute Gasteiger partial charge is 0.255 e. The SMILES string of the molecule is NCCC(O)c1nc(C2CCC(F)(F)C2)no1. The maximum atomic E-state index is 13.0. The summed E-state index contributed by atoms with van der Waals surface area (Å²) in [5.41, 5.74) is 5.28. The van der Waals surface area contributed by atoms with Gasteiger partial charge in [0.05, 0.1) is 0 Å². The van der Waals surface area contributed by atoms with E-state index in [4.69, 9.17) is 10.3 Å². The Morgan fingerprint density at radius 3 is 2.94 bits per heavy atom. The van der Waals surface area contributed by atoms with Crippen molar-refractivity contribution >= 4 is 0 Å². The third-order valence-electron chi connectivity index (χ3n) is 2.95. The molecule has 1 saturated carbocycles. The molecule has 3 N–H and O–H groups in total. The van der Waals surface area contributed by atoms with E-state index < -0.39 is 12.0 Å². The van der Waals surface area contributed by atoms with Gasteiger partial charge >= 0.3 is 0 Å². The van der Waals surface area contributed by atoms with Crippen LogP contribution in [0.2, 0.25) is 0 Å². The van der Waals surface area contributed by atoms with E-state index in [1.807, 2.05) is 0 Å². The molecule has 1 aliphatic rings. The number of aromatic nitrogens is 2. The second-order valence-electron chi connectivity index (χ2n) is 4.38. The molecule has 2 unspecified atom stereocenters. The first-order valence-corrected chi connectivity index (χ1v) is 5.61. The Hall–Kier alpha value is -1.08. The molecule has 5 nitrogen and oxygen atoms in total. The molecule has 0 amide bonds. The second-order valence-corrected chi connectivity index (χ2v) is 4.38. The number of rotatable bonds is 4. The van der Waals surface area contributed by atoms with E-state index in [-0.39, 0.29) is 30.5 Å². The van der Waals surface area contributed by atoms with Crippen molar-refractivity contribution in [3.05, 3.63) is 11.7 Å². The predicted molar refractivity (Wildman–Crippen MR) is 54.5 cm³/mol. The molecule has 0 aromatic carbocycles. The summed E-state index contributed by atoms with van der Waals surface area (Å²) in [7, 11) is 0. The van der Waals surface area contributed by atoms with Crippen molar-refractivity contribution in [1.29, 1.82) is 0 Å². The molecule has 0 saturated heterocycles. The van der Waals surface area contributed by atoms with Crippen LogP contribution in [0.1, 0.15) is 49.4 Å². The summed E-state index contributed by atoms with van der Waals surface area (Å²) in [6.07, 6.45) is -0.657. The largest absolute Gasteiger partial charge is 0.383 e. The molecular weight excluding hydrogens is 232 g/mol. The molecule has 1 fully saturated rings. The molecule has 96 valence electrons. The summed E-state index contributed by atoms with van der Waals surface area (Å²) < 4.78 is 30.9. The number of aliphatic hydroxyl groups excluding tert-OH is 1. The van der Waals surface area contributed by atoms with Gasteiger partial charge in [-0.05, 0) is 19.4 Å². The molecule has 17 heavy (non-hydrogen) atoms. The first-order chi connectivity index (χ1) is 8.02. The van der Waals surface area contributed by atoms with Crippen LogP contribution in [-0.2, 0) is 0 Å². The zero-order chi connectivity index (χ0) is 12.5. The third kappa shape index (κ3) is 2.78. The van der Waals surface area contributed by atoms with Crippen LogP contribution in [0.15, 0.2) is 4.52 Å². The van der Waals surface area contributed by atoms with E-state index in [0.717, 1.165) is 0 Å². The number of nitrogens with two attached hydrogens (primary N) is 1. The van der Waals surface area contributed by atoms with Gasteiger partial charge < -0.3 is 15.4 Å². The van der Waals surface area contributed by atoms with Gasteiger partial charge in [-0.25, -0.2) is 8.78 Å². The average molecular weight is 247 g/mol. The quantitative estimate of drug-likeness (QED) is 0.839. The number of halogens is 2. The van der Waals surface area contributed by atoms with E-state index >= 15 is 0 Å². The molecule has 0 radical (unpaired) electrons. The minimum Gasteiger partial charge on any atom is -0.383 e. The summed E-state index contributed by atoms with van der Waals surface area (Å²) in [5, 5.41) is 13.2. The Labute approximate surface area is 97.0 Å². The van der Waals surface area contributed by atoms with Crippen molar-refractivity contribution in [3.8, 4) is 0 Å². The Balaban J connectivity index is 2.04. The van der Waals surface area contributed by atoms with Crippen molar-refractivity contribution in [1.82, 2.24) is 10.1 Å². The molecule has 1 aromatic rings. The zero-order valence-electron chi connectivity index (χ0n) is 9.27. The minimum atomic E-state index is -2.64. The van der Waals surface area contributed by atoms with E-state index in [1.54, 1.807) is 0 Å². The lowest BCUT2D eigenvalue weighted by Crippen LogP contribution is -2.10. The number of hydrogen-bond acceptors (Lipinski definition) is 5. The fourth-order valence-corrected chi connectivity index (χ4v) is 2.00. The maximum Gasteiger partial charge on any atom is 0.255 e. The van der Waals surface area contributed by atoms with Gasteiger partial charge in [0.1, 0.15) is 6.10 Å². The Morgan fingerprint density at radius 1 is 1.59 bits per heavy atom. The van der Waals surface area contributed by atoms with Gasteiger partial charge in [-0.3, -0.25) is 0 Å². The molecule has 1 heterocycles. The highest BCUT2D eigenvalue weighted by Gasteiger charge is 2.42. The second kappa shape index (κ2) is 4.66. The van der Waals surface area contributed by atoms with Crippen LogP contribution in [-0.4, -0.2) is 27.7 Å². The van der Waals surface area contributed by atoms with Crippen LogP contribution in [0.4, 0.5) is 8.78 Å². The Bertz CT molecular complexity index is 383. The number of hydrogen-bond donors (Lipinski definition) is 2. The van der Waals surface area contributed by atoms with Crippen LogP contribution < -0.4 is 5.73 Å². The van der Waals surface area contributed by atoms with Crippen LogP contribution in [0.3, 0.4) is 0 Å². The van der Waals surface area contributed by atoms with Crippen molar-refractivity contribution in [2.75, 3.05) is 6.54 Å². The highest BCUT2D eigenvalue weighted by atomic mass is 19.3. The maximum absolute atomic E-state index is 13.0. The topological polar surface area (TPSA) is 85.2 Å². The number of nitrogens with zero attached hydrogens (tertiary/aromatic N) is 2. The molecule has 0 spiro atoms. The Morgan fingerprint density at radius 2 is 2.35 bits per heavy atom. The van der Waals surface area contributed by atoms with E-state index in [2.05, 4.69) is 10.1 Å². The highest BCUT2D eigenvalue weighted by Crippen LogP contribution is 2.43. The molecular formula is C10H15F2N3O2. The van der Waals surface area contributed by atoms with Gasteiger partial charge in [0.2, 0.25) is 5.92 Å². The molecule has 7 heteroatoms. The van der Waals surface area contributed by atoms with Crippen molar-refractivity contribution in [3.63, 3.8) is 0 Å². The van der Waals surface area contributed by atoms with Crippen molar-refractivity contribution in [2.45, 2.75) is 43.6 Å². The van der Waals surface area contributed by atoms with Gasteiger partial charge in [-0.15, -0.1) is 0 Å². The highest BCUT2D eigenvalue weighted by molar-refractivity contribution is 5.02. The zero-order valence-corrected chi connectivity index (χ0v) is 9.27. The van der Waals surface area contributed by atoms with Crippen LogP contribution >= 0.6 is 0 Å². The summed E-state index contributed by atoms with van der Waals surface area (Å²) in [6.45, 7) is 0.292. The lowest BCUT2D eigenvalue weighted by atomic mass is 10.1. The van der Waals surface area contributed by atoms with Gasteiger partial charge in [-0.1, -0.05) is 5.16 Å². The van der Waals surface area contributed by atoms with Crippen LogP contribution in [0.5, 0.6) is 0 Å². The Kier molecular flexibility index (Phi) is 3.39. The first kappa shape index (κ1) is 12.4. The van der Waals surface area contributed by atoms with E-state index in [1.165, 1.54) is 0 Å². The number of alkyl halides is 2. The van der Waals surface area contributed by atoms with Gasteiger partial charge in [0.25, 0.3) is 5.89 Å². The molecule has 1 aromatic heterocycles. The summed E-state index contributed by atoms with van der Waals surface area (Å²) >= 11 is 0. The fourth-order valence-electron chi connectivity index (χ4n) is 2.00. The monoisotopic (exact) mass is 247 g/mol. The van der Waals surface area contributed by atoms with Crippen LogP contribution in [0, 0.1) is 0 Å². The van der Waals surface area contributed by atoms with Crippen molar-refractivity contribution < 1.29 is 18.4 Å². The van der Waals surface area contributed by atoms with E-state index in [0.29, 0.717) is 19.4 Å². The molecule has 0 bridgehead atoms. The third-order valence-corrected chi connectivity index (χ3v) is 2.95. The van der Waals surface area contributed by atoms with Gasteiger partial charge in [0.15, 0.2) is 5.82 Å². The summed E-state index contributed by atoms with van der Waals surface area (Å²) in [4.78, 5) is 3.96. The van der Waals surface area contributed by atoms with Crippen LogP contribution in [0.25, 0.3) is 0 Å². The minimum absolute atomic E-state index is 0.0562. The summed E-state index contributed by atoms with van der Waals surface area (Å²) in [6, 6.07) is 0. The standard InChI is InChI=1S/C10H15F2N3O2/c11-10(12)3-1-6(5-10)8-14-9(17-15-8)7(16)2-4-13/h6-7,16H,1-5,13H2. The molecule has 0 aliphatic heterocycles. The van der Waals surface area contributed by atoms with E-state index in [9.17, 15) is 13.9 Å². The lowest BCUT2D eigenvalue weighted by molar-refractivity contribution is 0.00749.